The zero-order valence-corrected chi connectivity index (χ0v) is 18.3. The van der Waals surface area contributed by atoms with E-state index >= 15 is 0 Å². The molecular formula is C21H25IN4O3. The van der Waals surface area contributed by atoms with Crippen LogP contribution >= 0.6 is 22.6 Å². The summed E-state index contributed by atoms with van der Waals surface area (Å²) in [6, 6.07) is 15.6. The van der Waals surface area contributed by atoms with Crippen molar-refractivity contribution in [3.8, 4) is 0 Å². The van der Waals surface area contributed by atoms with Gasteiger partial charge < -0.3 is 21.7 Å². The van der Waals surface area contributed by atoms with Crippen LogP contribution in [0.25, 0.3) is 0 Å². The average molecular weight is 508 g/mol. The van der Waals surface area contributed by atoms with Gasteiger partial charge in [0.1, 0.15) is 12.1 Å². The summed E-state index contributed by atoms with van der Waals surface area (Å²) < 4.78 is 1.05. The van der Waals surface area contributed by atoms with Crippen molar-refractivity contribution in [3.05, 3.63) is 69.3 Å². The van der Waals surface area contributed by atoms with Gasteiger partial charge in [0, 0.05) is 16.5 Å². The second-order valence-corrected chi connectivity index (χ2v) is 7.72. The molecule has 2 rings (SSSR count). The molecule has 0 bridgehead atoms. The van der Waals surface area contributed by atoms with Crippen molar-refractivity contribution < 1.29 is 14.4 Å². The van der Waals surface area contributed by atoms with Crippen LogP contribution in [-0.4, -0.2) is 36.3 Å². The Kier molecular flexibility index (Phi) is 9.07. The third-order valence-electron chi connectivity index (χ3n) is 4.28. The summed E-state index contributed by atoms with van der Waals surface area (Å²) in [6.45, 7) is 1.70. The molecule has 3 amide bonds. The molecule has 2 aromatic rings. The molecule has 0 aromatic heterocycles. The summed E-state index contributed by atoms with van der Waals surface area (Å²) in [5.41, 5.74) is 7.18. The molecule has 0 aliphatic carbocycles. The molecule has 0 saturated heterocycles. The number of hydrogen-bond acceptors (Lipinski definition) is 4. The first-order chi connectivity index (χ1) is 13.9. The predicted octanol–water partition coefficient (Wildman–Crippen LogP) is 1.10. The summed E-state index contributed by atoms with van der Waals surface area (Å²) in [5.74, 6) is -1.17. The van der Waals surface area contributed by atoms with E-state index in [1.165, 1.54) is 0 Å². The maximum absolute atomic E-state index is 12.8. The lowest BCUT2D eigenvalue weighted by Gasteiger charge is -2.21. The number of hydrogen-bond donors (Lipinski definition) is 4. The van der Waals surface area contributed by atoms with Crippen LogP contribution in [-0.2, 0) is 27.3 Å². The van der Waals surface area contributed by atoms with Crippen molar-refractivity contribution in [2.45, 2.75) is 32.0 Å². The van der Waals surface area contributed by atoms with E-state index in [-0.39, 0.29) is 12.5 Å². The lowest BCUT2D eigenvalue weighted by molar-refractivity contribution is -0.131. The molecular weight excluding hydrogens is 483 g/mol. The van der Waals surface area contributed by atoms with E-state index in [1.807, 2.05) is 54.6 Å². The lowest BCUT2D eigenvalue weighted by atomic mass is 10.0. The van der Waals surface area contributed by atoms with Gasteiger partial charge in [-0.1, -0.05) is 48.5 Å². The quantitative estimate of drug-likeness (QED) is 0.380. The van der Waals surface area contributed by atoms with E-state index in [0.717, 1.165) is 14.7 Å². The Labute approximate surface area is 184 Å². The fraction of sp³-hybridized carbons (Fsp3) is 0.286. The molecule has 29 heavy (non-hydrogen) atoms. The Balaban J connectivity index is 2.07. The van der Waals surface area contributed by atoms with Crippen LogP contribution < -0.4 is 21.7 Å². The first kappa shape index (κ1) is 22.8. The Hall–Kier alpha value is -2.46. The normalized spacial score (nSPS) is 12.5. The smallest absolute Gasteiger partial charge is 0.243 e. The molecule has 0 fully saturated rings. The summed E-state index contributed by atoms with van der Waals surface area (Å²) in [4.78, 5) is 36.7. The first-order valence-electron chi connectivity index (χ1n) is 9.25. The Morgan fingerprint density at radius 1 is 0.966 bits per heavy atom. The number of rotatable bonds is 9. The van der Waals surface area contributed by atoms with Crippen LogP contribution in [0.15, 0.2) is 54.6 Å². The van der Waals surface area contributed by atoms with Crippen LogP contribution in [0, 0.1) is 3.57 Å². The molecule has 2 aromatic carbocycles. The largest absolute Gasteiger partial charge is 0.350 e. The molecule has 5 N–H and O–H groups in total. The molecule has 154 valence electrons. The van der Waals surface area contributed by atoms with Crippen molar-refractivity contribution in [1.82, 2.24) is 16.0 Å². The van der Waals surface area contributed by atoms with E-state index < -0.39 is 23.9 Å². The van der Waals surface area contributed by atoms with Crippen LogP contribution in [0.4, 0.5) is 0 Å². The molecule has 0 heterocycles. The molecule has 0 spiro atoms. The van der Waals surface area contributed by atoms with Gasteiger partial charge in [-0.05, 0) is 46.7 Å². The average Bonchev–Trinajstić information content (AvgIpc) is 2.73. The molecule has 7 nitrogen and oxygen atoms in total. The van der Waals surface area contributed by atoms with Gasteiger partial charge in [-0.25, -0.2) is 0 Å². The second kappa shape index (κ2) is 11.5. The van der Waals surface area contributed by atoms with E-state index in [1.54, 1.807) is 6.92 Å². The number of carbonyl (C=O) groups excluding carboxylic acids is 3. The minimum atomic E-state index is -0.799. The molecule has 0 aliphatic heterocycles. The van der Waals surface area contributed by atoms with Gasteiger partial charge in [0.25, 0.3) is 0 Å². The van der Waals surface area contributed by atoms with Crippen LogP contribution in [0.5, 0.6) is 0 Å². The summed E-state index contributed by atoms with van der Waals surface area (Å²) in [5, 5.41) is 8.12. The van der Waals surface area contributed by atoms with Crippen LogP contribution in [0.2, 0.25) is 0 Å². The Bertz CT molecular complexity index is 845. The highest BCUT2D eigenvalue weighted by Crippen LogP contribution is 2.11. The zero-order valence-electron chi connectivity index (χ0n) is 16.2. The van der Waals surface area contributed by atoms with Crippen LogP contribution in [0.3, 0.4) is 0 Å². The predicted molar refractivity (Wildman–Crippen MR) is 120 cm³/mol. The molecule has 0 aliphatic rings. The van der Waals surface area contributed by atoms with Gasteiger partial charge in [-0.15, -0.1) is 0 Å². The van der Waals surface area contributed by atoms with Gasteiger partial charge >= 0.3 is 0 Å². The Morgan fingerprint density at radius 3 is 2.28 bits per heavy atom. The third kappa shape index (κ3) is 7.47. The minimum Gasteiger partial charge on any atom is -0.350 e. The SMILES string of the molecule is C[C@H](NC(=O)CN)C(=O)N[C@@H](Cc1ccccc1)C(=O)NCc1ccccc1I. The van der Waals surface area contributed by atoms with Crippen molar-refractivity contribution >= 4 is 40.3 Å². The van der Waals surface area contributed by atoms with Crippen molar-refractivity contribution in [1.29, 1.82) is 0 Å². The molecule has 8 heteroatoms. The van der Waals surface area contributed by atoms with Crippen molar-refractivity contribution in [3.63, 3.8) is 0 Å². The molecule has 0 radical (unpaired) electrons. The minimum absolute atomic E-state index is 0.207. The molecule has 0 saturated carbocycles. The maximum Gasteiger partial charge on any atom is 0.243 e. The fourth-order valence-electron chi connectivity index (χ4n) is 2.67. The van der Waals surface area contributed by atoms with Gasteiger partial charge in [-0.3, -0.25) is 14.4 Å². The number of halogens is 1. The summed E-state index contributed by atoms with van der Waals surface area (Å²) >= 11 is 2.21. The number of nitrogens with two attached hydrogens (primary N) is 1. The highest BCUT2D eigenvalue weighted by molar-refractivity contribution is 14.1. The van der Waals surface area contributed by atoms with Gasteiger partial charge in [0.2, 0.25) is 17.7 Å². The van der Waals surface area contributed by atoms with Crippen molar-refractivity contribution in [2.75, 3.05) is 6.54 Å². The highest BCUT2D eigenvalue weighted by Gasteiger charge is 2.24. The standard InChI is InChI=1S/C21H25IN4O3/c1-14(25-19(27)12-23)20(28)26-18(11-15-7-3-2-4-8-15)21(29)24-13-16-9-5-6-10-17(16)22/h2-10,14,18H,11-13,23H2,1H3,(H,24,29)(H,25,27)(H,26,28)/t14-,18-/m0/s1. The lowest BCUT2D eigenvalue weighted by Crippen LogP contribution is -2.54. The van der Waals surface area contributed by atoms with Gasteiger partial charge in [-0.2, -0.15) is 0 Å². The van der Waals surface area contributed by atoms with Gasteiger partial charge in [0.05, 0.1) is 6.54 Å². The maximum atomic E-state index is 12.8. The van der Waals surface area contributed by atoms with E-state index in [9.17, 15) is 14.4 Å². The molecule has 0 unspecified atom stereocenters. The van der Waals surface area contributed by atoms with Crippen molar-refractivity contribution in [2.24, 2.45) is 5.73 Å². The third-order valence-corrected chi connectivity index (χ3v) is 5.34. The number of amides is 3. The second-order valence-electron chi connectivity index (χ2n) is 6.55. The molecule has 2 atom stereocenters. The Morgan fingerprint density at radius 2 is 1.62 bits per heavy atom. The topological polar surface area (TPSA) is 113 Å². The summed E-state index contributed by atoms with van der Waals surface area (Å²) in [6.07, 6.45) is 0.335. The van der Waals surface area contributed by atoms with Crippen LogP contribution in [0.1, 0.15) is 18.1 Å². The van der Waals surface area contributed by atoms with Gasteiger partial charge in [0.15, 0.2) is 0 Å². The monoisotopic (exact) mass is 508 g/mol. The summed E-state index contributed by atoms with van der Waals surface area (Å²) in [7, 11) is 0. The van der Waals surface area contributed by atoms with E-state index in [4.69, 9.17) is 5.73 Å². The highest BCUT2D eigenvalue weighted by atomic mass is 127. The fourth-order valence-corrected chi connectivity index (χ4v) is 3.25. The number of carbonyl (C=O) groups is 3. The zero-order chi connectivity index (χ0) is 21.2. The number of nitrogens with one attached hydrogen (secondary N) is 3. The van der Waals surface area contributed by atoms with E-state index in [2.05, 4.69) is 38.5 Å². The first-order valence-corrected chi connectivity index (χ1v) is 10.3. The van der Waals surface area contributed by atoms with E-state index in [0.29, 0.717) is 13.0 Å². The number of benzene rings is 2.